The van der Waals surface area contributed by atoms with Gasteiger partial charge >= 0.3 is 6.18 Å². The van der Waals surface area contributed by atoms with Crippen LogP contribution in [0.15, 0.2) is 6.07 Å². The number of halogens is 3. The van der Waals surface area contributed by atoms with E-state index in [4.69, 9.17) is 5.73 Å². The largest absolute Gasteiger partial charge is 0.418 e. The summed E-state index contributed by atoms with van der Waals surface area (Å²) in [6, 6.07) is 1.20. The van der Waals surface area contributed by atoms with Gasteiger partial charge in [0.25, 0.3) is 0 Å². The van der Waals surface area contributed by atoms with Crippen LogP contribution in [0.1, 0.15) is 56.5 Å². The molecule has 0 aliphatic rings. The number of hydrogen-bond donors (Lipinski definition) is 1. The second-order valence-corrected chi connectivity index (χ2v) is 4.80. The third kappa shape index (κ3) is 3.07. The van der Waals surface area contributed by atoms with Crippen molar-refractivity contribution in [2.45, 2.75) is 58.8 Å². The van der Waals surface area contributed by atoms with Crippen LogP contribution < -0.4 is 5.73 Å². The molecule has 0 radical (unpaired) electrons. The lowest BCUT2D eigenvalue weighted by Gasteiger charge is -2.17. The molecule has 5 heteroatoms. The molecule has 2 N–H and O–H groups in total. The molecule has 18 heavy (non-hydrogen) atoms. The molecule has 0 fully saturated rings. The Balaban J connectivity index is 3.32. The van der Waals surface area contributed by atoms with Crippen LogP contribution in [0, 0.1) is 0 Å². The zero-order valence-electron chi connectivity index (χ0n) is 11.1. The summed E-state index contributed by atoms with van der Waals surface area (Å²) in [7, 11) is 0. The lowest BCUT2D eigenvalue weighted by molar-refractivity contribution is -0.138. The zero-order chi connectivity index (χ0) is 13.9. The third-order valence-corrected chi connectivity index (χ3v) is 3.02. The van der Waals surface area contributed by atoms with E-state index in [1.54, 1.807) is 18.4 Å². The van der Waals surface area contributed by atoms with Crippen molar-refractivity contribution in [3.05, 3.63) is 23.0 Å². The molecule has 0 aromatic carbocycles. The van der Waals surface area contributed by atoms with Crippen molar-refractivity contribution >= 4 is 0 Å². The minimum absolute atomic E-state index is 0.138. The molecular formula is C13H21F3N2. The first-order valence-corrected chi connectivity index (χ1v) is 6.32. The van der Waals surface area contributed by atoms with E-state index in [0.29, 0.717) is 17.9 Å². The highest BCUT2D eigenvalue weighted by Gasteiger charge is 2.37. The fraction of sp³-hybridized carbons (Fsp3) is 0.692. The molecule has 0 aliphatic heterocycles. The van der Waals surface area contributed by atoms with Gasteiger partial charge in [0.15, 0.2) is 0 Å². The fourth-order valence-corrected chi connectivity index (χ4v) is 2.22. The van der Waals surface area contributed by atoms with Crippen molar-refractivity contribution in [2.24, 2.45) is 5.73 Å². The van der Waals surface area contributed by atoms with Crippen LogP contribution in [0.5, 0.6) is 0 Å². The summed E-state index contributed by atoms with van der Waals surface area (Å²) >= 11 is 0. The molecule has 104 valence electrons. The van der Waals surface area contributed by atoms with Gasteiger partial charge in [-0.15, -0.1) is 0 Å². The molecule has 1 rings (SSSR count). The van der Waals surface area contributed by atoms with Crippen LogP contribution in [0.4, 0.5) is 13.2 Å². The number of hydrogen-bond acceptors (Lipinski definition) is 1. The molecule has 0 unspecified atom stereocenters. The van der Waals surface area contributed by atoms with Crippen molar-refractivity contribution in [1.29, 1.82) is 0 Å². The van der Waals surface area contributed by atoms with E-state index in [9.17, 15) is 13.2 Å². The number of unbranched alkanes of at least 4 members (excludes halogenated alkanes) is 1. The average molecular weight is 262 g/mol. The second kappa shape index (κ2) is 5.78. The SMILES string of the molecule is CCCCn1c(CN)cc(C(F)(F)F)c1C(C)C. The molecule has 0 amide bonds. The quantitative estimate of drug-likeness (QED) is 0.857. The van der Waals surface area contributed by atoms with Crippen molar-refractivity contribution in [1.82, 2.24) is 4.57 Å². The molecule has 0 saturated carbocycles. The summed E-state index contributed by atoms with van der Waals surface area (Å²) in [6.07, 6.45) is -2.50. The maximum absolute atomic E-state index is 13.0. The van der Waals surface area contributed by atoms with Gasteiger partial charge < -0.3 is 10.3 Å². The Kier molecular flexibility index (Phi) is 4.85. The van der Waals surface area contributed by atoms with Gasteiger partial charge in [0.05, 0.1) is 5.56 Å². The summed E-state index contributed by atoms with van der Waals surface area (Å²) in [6.45, 7) is 6.33. The maximum Gasteiger partial charge on any atom is 0.418 e. The van der Waals surface area contributed by atoms with Gasteiger partial charge in [0.2, 0.25) is 0 Å². The number of nitrogens with two attached hydrogens (primary N) is 1. The number of alkyl halides is 3. The maximum atomic E-state index is 13.0. The molecule has 0 spiro atoms. The molecule has 1 heterocycles. The first-order valence-electron chi connectivity index (χ1n) is 6.32. The molecule has 1 aromatic rings. The van der Waals surface area contributed by atoms with Crippen LogP contribution in [-0.2, 0) is 19.3 Å². The molecule has 1 aromatic heterocycles. The van der Waals surface area contributed by atoms with E-state index < -0.39 is 11.7 Å². The topological polar surface area (TPSA) is 30.9 Å². The van der Waals surface area contributed by atoms with Gasteiger partial charge in [-0.2, -0.15) is 13.2 Å². The Morgan fingerprint density at radius 3 is 2.33 bits per heavy atom. The molecular weight excluding hydrogens is 241 g/mol. The monoisotopic (exact) mass is 262 g/mol. The minimum atomic E-state index is -4.30. The van der Waals surface area contributed by atoms with Gasteiger partial charge in [-0.25, -0.2) is 0 Å². The van der Waals surface area contributed by atoms with Crippen LogP contribution in [-0.4, -0.2) is 4.57 Å². The lowest BCUT2D eigenvalue weighted by Crippen LogP contribution is -2.14. The Morgan fingerprint density at radius 1 is 1.33 bits per heavy atom. The van der Waals surface area contributed by atoms with Gasteiger partial charge in [0.1, 0.15) is 0 Å². The van der Waals surface area contributed by atoms with Gasteiger partial charge in [-0.05, 0) is 18.4 Å². The zero-order valence-corrected chi connectivity index (χ0v) is 11.1. The predicted molar refractivity (Wildman–Crippen MR) is 66.3 cm³/mol. The molecule has 0 aliphatic carbocycles. The summed E-state index contributed by atoms with van der Waals surface area (Å²) in [5.41, 5.74) is 5.95. The van der Waals surface area contributed by atoms with E-state index in [1.807, 2.05) is 6.92 Å². The van der Waals surface area contributed by atoms with E-state index >= 15 is 0 Å². The predicted octanol–water partition coefficient (Wildman–Crippen LogP) is 3.89. The van der Waals surface area contributed by atoms with Gasteiger partial charge in [0, 0.05) is 24.5 Å². The first-order chi connectivity index (χ1) is 8.32. The second-order valence-electron chi connectivity index (χ2n) is 4.80. The highest BCUT2D eigenvalue weighted by Crippen LogP contribution is 2.37. The summed E-state index contributed by atoms with van der Waals surface area (Å²) < 4.78 is 40.8. The van der Waals surface area contributed by atoms with E-state index in [-0.39, 0.29) is 12.5 Å². The van der Waals surface area contributed by atoms with E-state index in [1.165, 1.54) is 6.07 Å². The Hall–Kier alpha value is -0.970. The highest BCUT2D eigenvalue weighted by atomic mass is 19.4. The third-order valence-electron chi connectivity index (χ3n) is 3.02. The van der Waals surface area contributed by atoms with Crippen LogP contribution in [0.2, 0.25) is 0 Å². The van der Waals surface area contributed by atoms with Crippen molar-refractivity contribution < 1.29 is 13.2 Å². The summed E-state index contributed by atoms with van der Waals surface area (Å²) in [5, 5.41) is 0. The lowest BCUT2D eigenvalue weighted by atomic mass is 10.1. The van der Waals surface area contributed by atoms with Gasteiger partial charge in [-0.3, -0.25) is 0 Å². The minimum Gasteiger partial charge on any atom is -0.346 e. The molecule has 0 saturated heterocycles. The van der Waals surface area contributed by atoms with E-state index in [2.05, 4.69) is 0 Å². The fourth-order valence-electron chi connectivity index (χ4n) is 2.22. The highest BCUT2D eigenvalue weighted by molar-refractivity contribution is 5.33. The Morgan fingerprint density at radius 2 is 1.94 bits per heavy atom. The molecule has 0 bridgehead atoms. The standard InChI is InChI=1S/C13H21F3N2/c1-4-5-6-18-10(8-17)7-11(13(14,15)16)12(18)9(2)3/h7,9H,4-6,8,17H2,1-3H3. The van der Waals surface area contributed by atoms with Gasteiger partial charge in [-0.1, -0.05) is 27.2 Å². The van der Waals surface area contributed by atoms with Crippen molar-refractivity contribution in [3.8, 4) is 0 Å². The molecule has 2 nitrogen and oxygen atoms in total. The van der Waals surface area contributed by atoms with Crippen LogP contribution in [0.25, 0.3) is 0 Å². The average Bonchev–Trinajstić information content (AvgIpc) is 2.64. The number of rotatable bonds is 5. The van der Waals surface area contributed by atoms with Crippen molar-refractivity contribution in [2.75, 3.05) is 0 Å². The smallest absolute Gasteiger partial charge is 0.346 e. The molecule has 0 atom stereocenters. The number of aromatic nitrogens is 1. The van der Waals surface area contributed by atoms with Crippen LogP contribution in [0.3, 0.4) is 0 Å². The van der Waals surface area contributed by atoms with Crippen molar-refractivity contribution in [3.63, 3.8) is 0 Å². The Bertz CT molecular complexity index is 392. The normalized spacial score (nSPS) is 12.4. The van der Waals surface area contributed by atoms with E-state index in [0.717, 1.165) is 12.8 Å². The summed E-state index contributed by atoms with van der Waals surface area (Å²) in [4.78, 5) is 0. The summed E-state index contributed by atoms with van der Waals surface area (Å²) in [5.74, 6) is -0.168. The number of nitrogens with zero attached hydrogens (tertiary/aromatic N) is 1. The first kappa shape index (κ1) is 15.1. The Labute approximate surface area is 106 Å². The van der Waals surface area contributed by atoms with Crippen LogP contribution >= 0.6 is 0 Å².